The van der Waals surface area contributed by atoms with Crippen LogP contribution in [0.15, 0.2) is 46.7 Å². The number of carbonyl (C=O) groups is 2. The van der Waals surface area contributed by atoms with E-state index >= 15 is 0 Å². The second-order valence-corrected chi connectivity index (χ2v) is 10.6. The van der Waals surface area contributed by atoms with Crippen molar-refractivity contribution in [3.05, 3.63) is 52.9 Å². The number of amides is 1. The molecule has 1 unspecified atom stereocenters. The van der Waals surface area contributed by atoms with E-state index in [0.717, 1.165) is 42.6 Å². The van der Waals surface area contributed by atoms with E-state index in [4.69, 9.17) is 0 Å². The Hall–Kier alpha value is -2.23. The van der Waals surface area contributed by atoms with Crippen molar-refractivity contribution in [3.8, 4) is 0 Å². The number of hydrogen-bond donors (Lipinski definition) is 3. The third-order valence-electron chi connectivity index (χ3n) is 5.62. The molecule has 0 saturated heterocycles. The summed E-state index contributed by atoms with van der Waals surface area (Å²) >= 11 is 0.853. The largest absolute Gasteiger partial charge is 0.480 e. The van der Waals surface area contributed by atoms with Gasteiger partial charge in [-0.2, -0.15) is 4.72 Å². The number of hydrogen-bond acceptors (Lipinski definition) is 5. The number of aliphatic carboxylic acids is 1. The van der Waals surface area contributed by atoms with Crippen LogP contribution in [0.1, 0.15) is 53.3 Å². The smallest absolute Gasteiger partial charge is 0.325 e. The zero-order valence-corrected chi connectivity index (χ0v) is 17.3. The zero-order valence-electron chi connectivity index (χ0n) is 15.6. The van der Waals surface area contributed by atoms with Crippen LogP contribution in [0.5, 0.6) is 0 Å². The molecule has 0 radical (unpaired) electrons. The summed E-state index contributed by atoms with van der Waals surface area (Å²) in [5, 5.41) is 12.6. The number of rotatable bonds is 7. The summed E-state index contributed by atoms with van der Waals surface area (Å²) in [4.78, 5) is 24.6. The van der Waals surface area contributed by atoms with Gasteiger partial charge in [-0.05, 0) is 37.0 Å². The Labute approximate surface area is 173 Å². The zero-order chi connectivity index (χ0) is 20.6. The second-order valence-electron chi connectivity index (χ2n) is 7.62. The third-order valence-corrected chi connectivity index (χ3v) is 8.71. The lowest BCUT2D eigenvalue weighted by Crippen LogP contribution is -2.44. The molecule has 29 heavy (non-hydrogen) atoms. The standard InChI is InChI=1S/C20H22N2O5S2/c23-18(21-14-8-4-5-9-14)16-10-11-17(28-16)29(26,27)22-20(19(24)25)12-15(20)13-6-2-1-3-7-13/h1-3,6-7,10-11,14-15,22H,4-5,8-9,12H2,(H,21,23)(H,24,25)/t15-,20?/m0/s1. The number of benzene rings is 1. The van der Waals surface area contributed by atoms with Gasteiger partial charge < -0.3 is 10.4 Å². The van der Waals surface area contributed by atoms with Gasteiger partial charge in [-0.1, -0.05) is 43.2 Å². The minimum absolute atomic E-state index is 0.0617. The van der Waals surface area contributed by atoms with Crippen molar-refractivity contribution in [2.24, 2.45) is 0 Å². The first kappa shape index (κ1) is 20.1. The Morgan fingerprint density at radius 1 is 1.07 bits per heavy atom. The van der Waals surface area contributed by atoms with Gasteiger partial charge in [-0.15, -0.1) is 11.3 Å². The monoisotopic (exact) mass is 434 g/mol. The van der Waals surface area contributed by atoms with Crippen LogP contribution >= 0.6 is 11.3 Å². The van der Waals surface area contributed by atoms with Crippen molar-refractivity contribution in [2.45, 2.75) is 53.8 Å². The van der Waals surface area contributed by atoms with Crippen LogP contribution in [-0.2, 0) is 14.8 Å². The molecule has 7 nitrogen and oxygen atoms in total. The molecule has 0 spiro atoms. The van der Waals surface area contributed by atoms with Crippen molar-refractivity contribution in [1.82, 2.24) is 10.0 Å². The molecular formula is C20H22N2O5S2. The summed E-state index contributed by atoms with van der Waals surface area (Å²) < 4.78 is 28.0. The lowest BCUT2D eigenvalue weighted by Gasteiger charge is -2.14. The predicted molar refractivity (Wildman–Crippen MR) is 109 cm³/mol. The van der Waals surface area contributed by atoms with Gasteiger partial charge in [0.05, 0.1) is 4.88 Å². The minimum atomic E-state index is -4.07. The van der Waals surface area contributed by atoms with Crippen LogP contribution in [-0.4, -0.2) is 37.0 Å². The van der Waals surface area contributed by atoms with Gasteiger partial charge in [-0.3, -0.25) is 9.59 Å². The van der Waals surface area contributed by atoms with Gasteiger partial charge in [-0.25, -0.2) is 8.42 Å². The van der Waals surface area contributed by atoms with Crippen LogP contribution in [0.25, 0.3) is 0 Å². The highest BCUT2D eigenvalue weighted by molar-refractivity contribution is 7.91. The normalized spacial score (nSPS) is 24.3. The molecule has 0 aliphatic heterocycles. The van der Waals surface area contributed by atoms with E-state index in [9.17, 15) is 23.1 Å². The van der Waals surface area contributed by atoms with Crippen molar-refractivity contribution in [2.75, 3.05) is 0 Å². The molecule has 9 heteroatoms. The maximum absolute atomic E-state index is 12.9. The molecule has 2 aliphatic rings. The molecule has 3 N–H and O–H groups in total. The molecule has 0 bridgehead atoms. The molecule has 2 aromatic rings. The summed E-state index contributed by atoms with van der Waals surface area (Å²) in [5.74, 6) is -1.92. The number of thiophene rings is 1. The number of sulfonamides is 1. The molecule has 2 aliphatic carbocycles. The maximum atomic E-state index is 12.9. The van der Waals surface area contributed by atoms with Crippen molar-refractivity contribution < 1.29 is 23.1 Å². The van der Waals surface area contributed by atoms with E-state index < -0.39 is 27.4 Å². The van der Waals surface area contributed by atoms with E-state index in [2.05, 4.69) is 10.0 Å². The van der Waals surface area contributed by atoms with Gasteiger partial charge in [0.1, 0.15) is 9.75 Å². The van der Waals surface area contributed by atoms with Crippen LogP contribution in [0.2, 0.25) is 0 Å². The Morgan fingerprint density at radius 2 is 1.76 bits per heavy atom. The second kappa shape index (κ2) is 7.55. The summed E-state index contributed by atoms with van der Waals surface area (Å²) in [6.07, 6.45) is 4.22. The molecule has 2 saturated carbocycles. The fourth-order valence-electron chi connectivity index (χ4n) is 3.95. The maximum Gasteiger partial charge on any atom is 0.325 e. The number of carboxylic acid groups (broad SMARTS) is 1. The lowest BCUT2D eigenvalue weighted by atomic mass is 10.1. The first-order chi connectivity index (χ1) is 13.8. The van der Waals surface area contributed by atoms with E-state index in [0.29, 0.717) is 4.88 Å². The van der Waals surface area contributed by atoms with Crippen LogP contribution < -0.4 is 10.0 Å². The van der Waals surface area contributed by atoms with Gasteiger partial charge in [0, 0.05) is 12.0 Å². The summed E-state index contributed by atoms with van der Waals surface area (Å²) in [7, 11) is -4.07. The quantitative estimate of drug-likeness (QED) is 0.620. The number of carboxylic acids is 1. The van der Waals surface area contributed by atoms with E-state index in [1.165, 1.54) is 12.1 Å². The molecule has 1 aromatic carbocycles. The van der Waals surface area contributed by atoms with Gasteiger partial charge in [0.2, 0.25) is 0 Å². The Kier molecular flexibility index (Phi) is 5.22. The van der Waals surface area contributed by atoms with Crippen molar-refractivity contribution in [1.29, 1.82) is 0 Å². The summed E-state index contributed by atoms with van der Waals surface area (Å²) in [5.41, 5.74) is -0.781. The first-order valence-electron chi connectivity index (χ1n) is 9.55. The lowest BCUT2D eigenvalue weighted by molar-refractivity contribution is -0.140. The highest BCUT2D eigenvalue weighted by atomic mass is 32.2. The van der Waals surface area contributed by atoms with Gasteiger partial charge in [0.15, 0.2) is 0 Å². The van der Waals surface area contributed by atoms with E-state index in [1.807, 2.05) is 6.07 Å². The number of carbonyl (C=O) groups excluding carboxylic acids is 1. The molecule has 2 fully saturated rings. The van der Waals surface area contributed by atoms with Crippen LogP contribution in [0.3, 0.4) is 0 Å². The Bertz CT molecular complexity index is 1030. The molecule has 2 atom stereocenters. The molecule has 4 rings (SSSR count). The molecule has 1 aromatic heterocycles. The Morgan fingerprint density at radius 3 is 2.41 bits per heavy atom. The predicted octanol–water partition coefficient (Wildman–Crippen LogP) is 2.71. The Balaban J connectivity index is 1.50. The topological polar surface area (TPSA) is 113 Å². The first-order valence-corrected chi connectivity index (χ1v) is 11.8. The summed E-state index contributed by atoms with van der Waals surface area (Å²) in [6.45, 7) is 0. The van der Waals surface area contributed by atoms with Crippen LogP contribution in [0, 0.1) is 0 Å². The molecular weight excluding hydrogens is 412 g/mol. The van der Waals surface area contributed by atoms with Crippen molar-refractivity contribution in [3.63, 3.8) is 0 Å². The average molecular weight is 435 g/mol. The molecule has 1 heterocycles. The fraction of sp³-hybridized carbons (Fsp3) is 0.400. The molecule has 1 amide bonds. The SMILES string of the molecule is O=C(NC1CCCC1)c1ccc(S(=O)(=O)NC2(C(=O)O)C[C@H]2c2ccccc2)s1. The highest BCUT2D eigenvalue weighted by Gasteiger charge is 2.63. The third kappa shape index (κ3) is 3.94. The van der Waals surface area contributed by atoms with Crippen LogP contribution in [0.4, 0.5) is 0 Å². The average Bonchev–Trinajstić information content (AvgIpc) is 3.07. The highest BCUT2D eigenvalue weighted by Crippen LogP contribution is 2.52. The van der Waals surface area contributed by atoms with Gasteiger partial charge in [0.25, 0.3) is 15.9 Å². The summed E-state index contributed by atoms with van der Waals surface area (Å²) in [6, 6.07) is 12.0. The molecule has 154 valence electrons. The fourth-order valence-corrected chi connectivity index (χ4v) is 6.56. The van der Waals surface area contributed by atoms with Gasteiger partial charge >= 0.3 is 5.97 Å². The van der Waals surface area contributed by atoms with E-state index in [1.54, 1.807) is 24.3 Å². The van der Waals surface area contributed by atoms with Crippen molar-refractivity contribution >= 4 is 33.2 Å². The van der Waals surface area contributed by atoms with E-state index in [-0.39, 0.29) is 22.6 Å². The minimum Gasteiger partial charge on any atom is -0.480 e. The number of nitrogens with one attached hydrogen (secondary N) is 2.